The number of nitrogens with one attached hydrogen (secondary N) is 1. The van der Waals surface area contributed by atoms with Crippen LogP contribution in [0.25, 0.3) is 5.57 Å². The SMILES string of the molecule is CC1c2ccccc2C(=CCN[C@H](C)c2ccccc2)c2ccccc21. The largest absolute Gasteiger partial charge is 0.307 e. The third-order valence-electron chi connectivity index (χ3n) is 5.46. The summed E-state index contributed by atoms with van der Waals surface area (Å²) in [6.07, 6.45) is 2.35. The van der Waals surface area contributed by atoms with E-state index in [1.807, 2.05) is 0 Å². The lowest BCUT2D eigenvalue weighted by Gasteiger charge is -2.28. The van der Waals surface area contributed by atoms with Gasteiger partial charge < -0.3 is 5.32 Å². The van der Waals surface area contributed by atoms with Crippen LogP contribution in [0.5, 0.6) is 0 Å². The topological polar surface area (TPSA) is 12.0 Å². The molecule has 1 N–H and O–H groups in total. The molecule has 26 heavy (non-hydrogen) atoms. The van der Waals surface area contributed by atoms with Crippen LogP contribution in [-0.2, 0) is 0 Å². The molecule has 3 aromatic carbocycles. The van der Waals surface area contributed by atoms with Crippen molar-refractivity contribution in [2.45, 2.75) is 25.8 Å². The molecule has 0 saturated heterocycles. The zero-order valence-electron chi connectivity index (χ0n) is 15.4. The third-order valence-corrected chi connectivity index (χ3v) is 5.46. The minimum atomic E-state index is 0.334. The first kappa shape index (κ1) is 16.8. The molecule has 1 atom stereocenters. The summed E-state index contributed by atoms with van der Waals surface area (Å²) in [5, 5.41) is 3.64. The normalized spacial score (nSPS) is 16.5. The van der Waals surface area contributed by atoms with E-state index in [1.54, 1.807) is 0 Å². The molecular formula is C25H25N. The molecule has 0 aliphatic heterocycles. The van der Waals surface area contributed by atoms with Gasteiger partial charge in [0.05, 0.1) is 0 Å². The average Bonchev–Trinajstić information content (AvgIpc) is 2.71. The van der Waals surface area contributed by atoms with Crippen LogP contribution in [0.4, 0.5) is 0 Å². The van der Waals surface area contributed by atoms with Gasteiger partial charge in [0, 0.05) is 18.5 Å². The van der Waals surface area contributed by atoms with Crippen LogP contribution in [0.1, 0.15) is 53.6 Å². The third kappa shape index (κ3) is 3.11. The molecule has 0 aromatic heterocycles. The number of benzene rings is 3. The van der Waals surface area contributed by atoms with Crippen molar-refractivity contribution in [3.8, 4) is 0 Å². The van der Waals surface area contributed by atoms with Crippen molar-refractivity contribution < 1.29 is 0 Å². The maximum atomic E-state index is 3.64. The van der Waals surface area contributed by atoms with Gasteiger partial charge in [0.1, 0.15) is 0 Å². The predicted octanol–water partition coefficient (Wildman–Crippen LogP) is 5.93. The van der Waals surface area contributed by atoms with Gasteiger partial charge in [-0.25, -0.2) is 0 Å². The van der Waals surface area contributed by atoms with Crippen molar-refractivity contribution >= 4 is 5.57 Å². The number of hydrogen-bond acceptors (Lipinski definition) is 1. The molecule has 1 aliphatic carbocycles. The summed E-state index contributed by atoms with van der Waals surface area (Å²) in [7, 11) is 0. The smallest absolute Gasteiger partial charge is 0.0294 e. The molecule has 1 aliphatic rings. The van der Waals surface area contributed by atoms with Crippen LogP contribution < -0.4 is 5.32 Å². The van der Waals surface area contributed by atoms with Crippen molar-refractivity contribution in [3.63, 3.8) is 0 Å². The van der Waals surface area contributed by atoms with Crippen LogP contribution in [0, 0.1) is 0 Å². The molecule has 0 fully saturated rings. The van der Waals surface area contributed by atoms with Crippen molar-refractivity contribution in [2.75, 3.05) is 6.54 Å². The lowest BCUT2D eigenvalue weighted by atomic mass is 9.76. The molecule has 0 radical (unpaired) electrons. The van der Waals surface area contributed by atoms with E-state index in [0.29, 0.717) is 12.0 Å². The van der Waals surface area contributed by atoms with Gasteiger partial charge in [-0.3, -0.25) is 0 Å². The molecule has 3 aromatic rings. The maximum Gasteiger partial charge on any atom is 0.0294 e. The van der Waals surface area contributed by atoms with Gasteiger partial charge in [0.15, 0.2) is 0 Å². The van der Waals surface area contributed by atoms with Gasteiger partial charge in [-0.2, -0.15) is 0 Å². The Kier molecular flexibility index (Phi) is 4.73. The summed E-state index contributed by atoms with van der Waals surface area (Å²) in [5.41, 5.74) is 8.26. The molecule has 0 spiro atoms. The number of hydrogen-bond donors (Lipinski definition) is 1. The fourth-order valence-electron chi connectivity index (χ4n) is 3.97. The van der Waals surface area contributed by atoms with E-state index in [4.69, 9.17) is 0 Å². The van der Waals surface area contributed by atoms with Gasteiger partial charge >= 0.3 is 0 Å². The van der Waals surface area contributed by atoms with Crippen LogP contribution in [0.2, 0.25) is 0 Å². The van der Waals surface area contributed by atoms with Crippen molar-refractivity contribution in [2.24, 2.45) is 0 Å². The summed E-state index contributed by atoms with van der Waals surface area (Å²) in [4.78, 5) is 0. The second kappa shape index (κ2) is 7.31. The zero-order chi connectivity index (χ0) is 17.9. The van der Waals surface area contributed by atoms with Crippen LogP contribution in [-0.4, -0.2) is 6.54 Å². The lowest BCUT2D eigenvalue weighted by molar-refractivity contribution is 0.617. The molecule has 0 unspecified atom stereocenters. The zero-order valence-corrected chi connectivity index (χ0v) is 15.4. The number of fused-ring (bicyclic) bond motifs is 2. The van der Waals surface area contributed by atoms with Crippen molar-refractivity contribution in [1.29, 1.82) is 0 Å². The Balaban J connectivity index is 1.64. The van der Waals surface area contributed by atoms with Crippen molar-refractivity contribution in [3.05, 3.63) is 113 Å². The summed E-state index contributed by atoms with van der Waals surface area (Å²) in [6.45, 7) is 5.38. The maximum absolute atomic E-state index is 3.64. The summed E-state index contributed by atoms with van der Waals surface area (Å²) >= 11 is 0. The second-order valence-electron chi connectivity index (χ2n) is 7.05. The van der Waals surface area contributed by atoms with E-state index in [-0.39, 0.29) is 0 Å². The minimum absolute atomic E-state index is 0.334. The first-order valence-corrected chi connectivity index (χ1v) is 9.43. The average molecular weight is 339 g/mol. The molecule has 0 bridgehead atoms. The first-order chi connectivity index (χ1) is 12.8. The summed E-state index contributed by atoms with van der Waals surface area (Å²) < 4.78 is 0. The molecular weight excluding hydrogens is 314 g/mol. The van der Waals surface area contributed by atoms with Gasteiger partial charge in [0.2, 0.25) is 0 Å². The fourth-order valence-corrected chi connectivity index (χ4v) is 3.97. The van der Waals surface area contributed by atoms with E-state index in [2.05, 4.69) is 104 Å². The highest BCUT2D eigenvalue weighted by Gasteiger charge is 2.24. The quantitative estimate of drug-likeness (QED) is 0.621. The second-order valence-corrected chi connectivity index (χ2v) is 7.05. The Labute approximate surface area is 156 Å². The Morgan fingerprint density at radius 1 is 0.808 bits per heavy atom. The predicted molar refractivity (Wildman–Crippen MR) is 110 cm³/mol. The summed E-state index contributed by atoms with van der Waals surface area (Å²) in [6, 6.07) is 28.6. The minimum Gasteiger partial charge on any atom is -0.307 e. The van der Waals surface area contributed by atoms with Crippen LogP contribution in [0.15, 0.2) is 84.9 Å². The van der Waals surface area contributed by atoms with Gasteiger partial charge in [-0.05, 0) is 40.3 Å². The molecule has 1 heteroatoms. The van der Waals surface area contributed by atoms with E-state index in [9.17, 15) is 0 Å². The van der Waals surface area contributed by atoms with E-state index >= 15 is 0 Å². The van der Waals surface area contributed by atoms with E-state index in [0.717, 1.165) is 6.54 Å². The van der Waals surface area contributed by atoms with Crippen LogP contribution >= 0.6 is 0 Å². The summed E-state index contributed by atoms with van der Waals surface area (Å²) in [5.74, 6) is 0.441. The van der Waals surface area contributed by atoms with Gasteiger partial charge in [-0.1, -0.05) is 91.9 Å². The molecule has 1 nitrogen and oxygen atoms in total. The molecule has 0 amide bonds. The number of rotatable bonds is 4. The fraction of sp³-hybridized carbons (Fsp3) is 0.200. The highest BCUT2D eigenvalue weighted by Crippen LogP contribution is 2.42. The highest BCUT2D eigenvalue weighted by molar-refractivity contribution is 5.86. The standard InChI is InChI=1S/C25H25N/c1-18-21-12-6-8-14-23(21)25(24-15-9-7-13-22(18)24)16-17-26-19(2)20-10-4-3-5-11-20/h3-16,18-19,26H,17H2,1-2H3/t18?,19-/m1/s1. The Hall–Kier alpha value is -2.64. The molecule has 0 saturated carbocycles. The Morgan fingerprint density at radius 2 is 1.35 bits per heavy atom. The van der Waals surface area contributed by atoms with Crippen LogP contribution in [0.3, 0.4) is 0 Å². The Morgan fingerprint density at radius 3 is 1.96 bits per heavy atom. The lowest BCUT2D eigenvalue weighted by Crippen LogP contribution is -2.19. The van der Waals surface area contributed by atoms with Gasteiger partial charge in [0.25, 0.3) is 0 Å². The molecule has 130 valence electrons. The van der Waals surface area contributed by atoms with E-state index < -0.39 is 0 Å². The Bertz CT molecular complexity index is 874. The monoisotopic (exact) mass is 339 g/mol. The van der Waals surface area contributed by atoms with E-state index in [1.165, 1.54) is 33.4 Å². The highest BCUT2D eigenvalue weighted by atomic mass is 14.9. The first-order valence-electron chi connectivity index (χ1n) is 9.43. The molecule has 4 rings (SSSR count). The molecule has 0 heterocycles. The van der Waals surface area contributed by atoms with Crippen molar-refractivity contribution in [1.82, 2.24) is 5.32 Å². The van der Waals surface area contributed by atoms with Gasteiger partial charge in [-0.15, -0.1) is 0 Å².